The minimum atomic E-state index is -0.982. The Morgan fingerprint density at radius 3 is 2.85 bits per heavy atom. The maximum atomic E-state index is 12.0. The first-order chi connectivity index (χ1) is 9.58. The predicted octanol–water partition coefficient (Wildman–Crippen LogP) is -0.718. The third-order valence-corrected chi connectivity index (χ3v) is 4.21. The van der Waals surface area contributed by atoms with E-state index < -0.39 is 24.1 Å². The zero-order valence-corrected chi connectivity index (χ0v) is 11.7. The highest BCUT2D eigenvalue weighted by atomic mass is 16.7. The van der Waals surface area contributed by atoms with Gasteiger partial charge in [0.25, 0.3) is 0 Å². The fourth-order valence-corrected chi connectivity index (χ4v) is 3.22. The largest absolute Gasteiger partial charge is 0.469 e. The second kappa shape index (κ2) is 6.51. The molecule has 1 heterocycles. The van der Waals surface area contributed by atoms with E-state index in [1.54, 1.807) is 0 Å². The topological polar surface area (TPSA) is 94.1 Å². The fraction of sp³-hybridized carbons (Fsp3) is 0.846. The molecule has 7 heteroatoms. The number of fused-ring (bicyclic) bond motifs is 1. The highest BCUT2D eigenvalue weighted by molar-refractivity contribution is 5.80. The first-order valence-corrected chi connectivity index (χ1v) is 6.71. The monoisotopic (exact) mass is 287 g/mol. The van der Waals surface area contributed by atoms with E-state index in [-0.39, 0.29) is 31.0 Å². The van der Waals surface area contributed by atoms with Crippen molar-refractivity contribution < 1.29 is 28.9 Å². The lowest BCUT2D eigenvalue weighted by Gasteiger charge is -2.45. The van der Waals surface area contributed by atoms with Gasteiger partial charge in [-0.2, -0.15) is 0 Å². The Morgan fingerprint density at radius 1 is 1.45 bits per heavy atom. The van der Waals surface area contributed by atoms with Crippen molar-refractivity contribution in [3.05, 3.63) is 0 Å². The van der Waals surface area contributed by atoms with Crippen molar-refractivity contribution in [1.82, 2.24) is 5.32 Å². The van der Waals surface area contributed by atoms with Crippen LogP contribution in [0.2, 0.25) is 0 Å². The standard InChI is InChI=1S/C13H21NO6/c1-18-6-20-9-3-7-5-14-10(15)4-8(7)11(12(9)16)13(17)19-2/h7-9,11-12,16H,3-6H2,1-2H3,(H,14,15)/t7-,8+,9-,11+,12+/m1/s1. The molecule has 2 N–H and O–H groups in total. The van der Waals surface area contributed by atoms with Crippen molar-refractivity contribution in [1.29, 1.82) is 0 Å². The molecular formula is C13H21NO6. The Kier molecular flexibility index (Phi) is 4.95. The van der Waals surface area contributed by atoms with Crippen LogP contribution >= 0.6 is 0 Å². The van der Waals surface area contributed by atoms with E-state index in [4.69, 9.17) is 14.2 Å². The van der Waals surface area contributed by atoms with Gasteiger partial charge in [0.1, 0.15) is 6.79 Å². The molecule has 1 saturated heterocycles. The number of aliphatic hydroxyl groups is 1. The van der Waals surface area contributed by atoms with Gasteiger partial charge in [0, 0.05) is 20.1 Å². The van der Waals surface area contributed by atoms with Gasteiger partial charge >= 0.3 is 5.97 Å². The molecular weight excluding hydrogens is 266 g/mol. The Hall–Kier alpha value is -1.18. The molecule has 0 aromatic rings. The highest BCUT2D eigenvalue weighted by Gasteiger charge is 2.50. The van der Waals surface area contributed by atoms with Gasteiger partial charge in [0.05, 0.1) is 25.2 Å². The smallest absolute Gasteiger partial charge is 0.311 e. The molecule has 114 valence electrons. The minimum absolute atomic E-state index is 0.0549. The van der Waals surface area contributed by atoms with Gasteiger partial charge in [-0.05, 0) is 18.3 Å². The summed E-state index contributed by atoms with van der Waals surface area (Å²) < 4.78 is 15.1. The molecule has 1 aliphatic carbocycles. The normalized spacial score (nSPS) is 37.0. The Labute approximate surface area is 117 Å². The number of carbonyl (C=O) groups excluding carboxylic acids is 2. The van der Waals surface area contributed by atoms with Crippen molar-refractivity contribution in [2.45, 2.75) is 25.0 Å². The number of piperidine rings is 1. The highest BCUT2D eigenvalue weighted by Crippen LogP contribution is 2.40. The van der Waals surface area contributed by atoms with Gasteiger partial charge in [-0.3, -0.25) is 9.59 Å². The lowest BCUT2D eigenvalue weighted by atomic mass is 9.66. The molecule has 2 fully saturated rings. The minimum Gasteiger partial charge on any atom is -0.469 e. The van der Waals surface area contributed by atoms with Crippen LogP contribution in [-0.4, -0.2) is 56.7 Å². The van der Waals surface area contributed by atoms with Crippen molar-refractivity contribution in [2.24, 2.45) is 17.8 Å². The summed E-state index contributed by atoms with van der Waals surface area (Å²) in [5, 5.41) is 13.2. The number of amides is 1. The lowest BCUT2D eigenvalue weighted by Crippen LogP contribution is -2.56. The second-order valence-corrected chi connectivity index (χ2v) is 5.32. The van der Waals surface area contributed by atoms with Gasteiger partial charge in [0.2, 0.25) is 5.91 Å². The number of ether oxygens (including phenoxy) is 3. The van der Waals surface area contributed by atoms with Gasteiger partial charge in [-0.25, -0.2) is 0 Å². The third kappa shape index (κ3) is 2.94. The molecule has 0 spiro atoms. The summed E-state index contributed by atoms with van der Waals surface area (Å²) in [7, 11) is 2.78. The number of aliphatic hydroxyl groups excluding tert-OH is 1. The number of rotatable bonds is 4. The summed E-state index contributed by atoms with van der Waals surface area (Å²) in [6, 6.07) is 0. The van der Waals surface area contributed by atoms with Crippen LogP contribution in [0.15, 0.2) is 0 Å². The first-order valence-electron chi connectivity index (χ1n) is 6.71. The van der Waals surface area contributed by atoms with E-state index in [9.17, 15) is 14.7 Å². The van der Waals surface area contributed by atoms with E-state index in [1.165, 1.54) is 14.2 Å². The van der Waals surface area contributed by atoms with Crippen molar-refractivity contribution >= 4 is 11.9 Å². The van der Waals surface area contributed by atoms with Crippen molar-refractivity contribution in [2.75, 3.05) is 27.6 Å². The van der Waals surface area contributed by atoms with Gasteiger partial charge in [-0.15, -0.1) is 0 Å². The van der Waals surface area contributed by atoms with Gasteiger partial charge in [0.15, 0.2) is 0 Å². The molecule has 2 rings (SSSR count). The third-order valence-electron chi connectivity index (χ3n) is 4.21. The van der Waals surface area contributed by atoms with Crippen LogP contribution in [-0.2, 0) is 23.8 Å². The van der Waals surface area contributed by atoms with Crippen LogP contribution < -0.4 is 5.32 Å². The summed E-state index contributed by atoms with van der Waals surface area (Å²) in [6.07, 6.45) is -0.651. The molecule has 1 amide bonds. The number of hydrogen-bond acceptors (Lipinski definition) is 6. The van der Waals surface area contributed by atoms with Gasteiger partial charge < -0.3 is 24.6 Å². The Bertz CT molecular complexity index is 374. The summed E-state index contributed by atoms with van der Waals surface area (Å²) in [5.74, 6) is -1.42. The number of nitrogens with one attached hydrogen (secondary N) is 1. The molecule has 1 saturated carbocycles. The SMILES string of the molecule is COCO[C@@H]1C[C@@H]2CNC(=O)C[C@@H]2[C@H](C(=O)OC)[C@H]1O. The fourth-order valence-electron chi connectivity index (χ4n) is 3.22. The summed E-state index contributed by atoms with van der Waals surface area (Å²) in [4.78, 5) is 23.5. The zero-order chi connectivity index (χ0) is 14.7. The Morgan fingerprint density at radius 2 is 2.20 bits per heavy atom. The van der Waals surface area contributed by atoms with Gasteiger partial charge in [-0.1, -0.05) is 0 Å². The number of esters is 1. The summed E-state index contributed by atoms with van der Waals surface area (Å²) >= 11 is 0. The van der Waals surface area contributed by atoms with Crippen LogP contribution in [0.4, 0.5) is 0 Å². The zero-order valence-electron chi connectivity index (χ0n) is 11.7. The molecule has 2 aliphatic rings. The van der Waals surface area contributed by atoms with Crippen LogP contribution in [0.25, 0.3) is 0 Å². The van der Waals surface area contributed by atoms with Crippen LogP contribution in [0.3, 0.4) is 0 Å². The quantitative estimate of drug-likeness (QED) is 0.523. The molecule has 7 nitrogen and oxygen atoms in total. The van der Waals surface area contributed by atoms with Crippen molar-refractivity contribution in [3.8, 4) is 0 Å². The molecule has 1 aliphatic heterocycles. The van der Waals surface area contributed by atoms with E-state index in [0.29, 0.717) is 13.0 Å². The van der Waals surface area contributed by atoms with E-state index >= 15 is 0 Å². The number of hydrogen-bond donors (Lipinski definition) is 2. The maximum Gasteiger partial charge on any atom is 0.311 e. The van der Waals surface area contributed by atoms with Crippen LogP contribution in [0.5, 0.6) is 0 Å². The lowest BCUT2D eigenvalue weighted by molar-refractivity contribution is -0.185. The van der Waals surface area contributed by atoms with Crippen molar-refractivity contribution in [3.63, 3.8) is 0 Å². The molecule has 0 radical (unpaired) electrons. The molecule has 5 atom stereocenters. The predicted molar refractivity (Wildman–Crippen MR) is 67.5 cm³/mol. The molecule has 0 aromatic carbocycles. The van der Waals surface area contributed by atoms with E-state index in [2.05, 4.69) is 5.32 Å². The average Bonchev–Trinajstić information content (AvgIpc) is 2.44. The number of methoxy groups -OCH3 is 2. The first kappa shape index (κ1) is 15.2. The maximum absolute atomic E-state index is 12.0. The average molecular weight is 287 g/mol. The molecule has 0 aromatic heterocycles. The Balaban J connectivity index is 2.17. The number of carbonyl (C=O) groups is 2. The summed E-state index contributed by atoms with van der Waals surface area (Å²) in [5.41, 5.74) is 0. The molecule has 20 heavy (non-hydrogen) atoms. The van der Waals surface area contributed by atoms with E-state index in [0.717, 1.165) is 0 Å². The van der Waals surface area contributed by atoms with Crippen LogP contribution in [0, 0.1) is 17.8 Å². The molecule has 0 bridgehead atoms. The van der Waals surface area contributed by atoms with Crippen LogP contribution in [0.1, 0.15) is 12.8 Å². The molecule has 0 unspecified atom stereocenters. The second-order valence-electron chi connectivity index (χ2n) is 5.32. The van der Waals surface area contributed by atoms with E-state index in [1.807, 2.05) is 0 Å². The summed E-state index contributed by atoms with van der Waals surface area (Å²) in [6.45, 7) is 0.552.